The molecule has 1 N–H and O–H groups in total. The highest BCUT2D eigenvalue weighted by molar-refractivity contribution is 6.06. The van der Waals surface area contributed by atoms with Crippen LogP contribution in [0.15, 0.2) is 36.5 Å². The second kappa shape index (κ2) is 7.54. The molecule has 0 aliphatic rings. The van der Waals surface area contributed by atoms with Crippen LogP contribution >= 0.6 is 0 Å². The number of anilines is 1. The number of nitrogens with zero attached hydrogens (tertiary/aromatic N) is 2. The maximum atomic E-state index is 12.1. The van der Waals surface area contributed by atoms with E-state index >= 15 is 0 Å². The van der Waals surface area contributed by atoms with Gasteiger partial charge in [0.25, 0.3) is 0 Å². The average molecular weight is 299 g/mol. The molecule has 1 aromatic heterocycles. The van der Waals surface area contributed by atoms with Crippen LogP contribution in [0.1, 0.15) is 26.2 Å². The zero-order valence-corrected chi connectivity index (χ0v) is 13.0. The lowest BCUT2D eigenvalue weighted by Crippen LogP contribution is -2.31. The largest absolute Gasteiger partial charge is 0.345 e. The van der Waals surface area contributed by atoms with E-state index in [-0.39, 0.29) is 18.2 Å². The zero-order chi connectivity index (χ0) is 15.9. The van der Waals surface area contributed by atoms with Crippen LogP contribution in [0.5, 0.6) is 0 Å². The van der Waals surface area contributed by atoms with Crippen molar-refractivity contribution in [2.45, 2.75) is 26.2 Å². The van der Waals surface area contributed by atoms with E-state index in [1.165, 1.54) is 0 Å². The molecule has 0 fully saturated rings. The molecule has 0 unspecified atom stereocenters. The number of benzene rings is 1. The van der Waals surface area contributed by atoms with Crippen molar-refractivity contribution in [3.8, 4) is 0 Å². The van der Waals surface area contributed by atoms with Gasteiger partial charge in [0.05, 0.1) is 11.2 Å². The fourth-order valence-corrected chi connectivity index (χ4v) is 2.19. The topological polar surface area (TPSA) is 62.3 Å². The number of carbonyl (C=O) groups excluding carboxylic acids is 2. The molecule has 5 nitrogen and oxygen atoms in total. The van der Waals surface area contributed by atoms with Gasteiger partial charge in [-0.05, 0) is 18.6 Å². The highest BCUT2D eigenvalue weighted by Crippen LogP contribution is 2.20. The Balaban J connectivity index is 2.01. The van der Waals surface area contributed by atoms with Gasteiger partial charge in [-0.25, -0.2) is 0 Å². The van der Waals surface area contributed by atoms with Crippen molar-refractivity contribution in [2.24, 2.45) is 0 Å². The van der Waals surface area contributed by atoms with Gasteiger partial charge >= 0.3 is 0 Å². The second-order valence-electron chi connectivity index (χ2n) is 5.27. The highest BCUT2D eigenvalue weighted by Gasteiger charge is 2.14. The third-order valence-corrected chi connectivity index (χ3v) is 3.49. The molecule has 0 bridgehead atoms. The molecule has 0 spiro atoms. The number of rotatable bonds is 6. The van der Waals surface area contributed by atoms with E-state index in [4.69, 9.17) is 0 Å². The van der Waals surface area contributed by atoms with Crippen LogP contribution in [0.3, 0.4) is 0 Å². The molecule has 2 amide bonds. The minimum absolute atomic E-state index is 0.149. The third-order valence-electron chi connectivity index (χ3n) is 3.49. The number of para-hydroxylation sites is 1. The lowest BCUT2D eigenvalue weighted by molar-refractivity contribution is -0.133. The van der Waals surface area contributed by atoms with E-state index in [0.29, 0.717) is 12.2 Å². The number of carbonyl (C=O) groups is 2. The summed E-state index contributed by atoms with van der Waals surface area (Å²) in [5, 5.41) is 3.73. The summed E-state index contributed by atoms with van der Waals surface area (Å²) >= 11 is 0. The van der Waals surface area contributed by atoms with E-state index in [1.54, 1.807) is 24.2 Å². The van der Waals surface area contributed by atoms with Gasteiger partial charge in [-0.3, -0.25) is 14.6 Å². The molecule has 0 aliphatic heterocycles. The summed E-state index contributed by atoms with van der Waals surface area (Å²) < 4.78 is 0. The molecule has 116 valence electrons. The first-order chi connectivity index (χ1) is 10.6. The van der Waals surface area contributed by atoms with Gasteiger partial charge in [0, 0.05) is 25.2 Å². The van der Waals surface area contributed by atoms with Crippen LogP contribution in [0.2, 0.25) is 0 Å². The van der Waals surface area contributed by atoms with Crippen LogP contribution in [-0.4, -0.2) is 35.3 Å². The summed E-state index contributed by atoms with van der Waals surface area (Å²) in [5.74, 6) is -0.481. The molecule has 0 aliphatic carbocycles. The molecule has 1 heterocycles. The third kappa shape index (κ3) is 4.04. The molecule has 2 aromatic rings. The fraction of sp³-hybridized carbons (Fsp3) is 0.353. The van der Waals surface area contributed by atoms with Crippen molar-refractivity contribution >= 4 is 28.4 Å². The van der Waals surface area contributed by atoms with Gasteiger partial charge in [0.1, 0.15) is 6.42 Å². The van der Waals surface area contributed by atoms with Crippen molar-refractivity contribution < 1.29 is 9.59 Å². The SMILES string of the molecule is CCCCN(C)C(=O)CC(=O)Nc1cccc2cccnc12. The number of hydrogen-bond donors (Lipinski definition) is 1. The van der Waals surface area contributed by atoms with Crippen molar-refractivity contribution in [1.82, 2.24) is 9.88 Å². The zero-order valence-electron chi connectivity index (χ0n) is 13.0. The van der Waals surface area contributed by atoms with Crippen LogP contribution in [0.4, 0.5) is 5.69 Å². The van der Waals surface area contributed by atoms with Gasteiger partial charge in [0.2, 0.25) is 11.8 Å². The van der Waals surface area contributed by atoms with Crippen LogP contribution in [0, 0.1) is 0 Å². The average Bonchev–Trinajstić information content (AvgIpc) is 2.52. The maximum Gasteiger partial charge on any atom is 0.233 e. The molecule has 0 atom stereocenters. The summed E-state index contributed by atoms with van der Waals surface area (Å²) in [6.45, 7) is 2.75. The van der Waals surface area contributed by atoms with Crippen LogP contribution in [-0.2, 0) is 9.59 Å². The number of nitrogens with one attached hydrogen (secondary N) is 1. The first-order valence-corrected chi connectivity index (χ1v) is 7.49. The first-order valence-electron chi connectivity index (χ1n) is 7.49. The fourth-order valence-electron chi connectivity index (χ4n) is 2.19. The molecular formula is C17H21N3O2. The van der Waals surface area contributed by atoms with Crippen LogP contribution in [0.25, 0.3) is 10.9 Å². The van der Waals surface area contributed by atoms with Crippen molar-refractivity contribution in [3.63, 3.8) is 0 Å². The van der Waals surface area contributed by atoms with E-state index in [1.807, 2.05) is 24.3 Å². The quantitative estimate of drug-likeness (QED) is 0.834. The summed E-state index contributed by atoms with van der Waals surface area (Å²) in [6.07, 6.45) is 3.49. The molecule has 5 heteroatoms. The predicted octanol–water partition coefficient (Wildman–Crippen LogP) is 2.82. The summed E-state index contributed by atoms with van der Waals surface area (Å²) in [5.41, 5.74) is 1.36. The van der Waals surface area contributed by atoms with E-state index in [0.717, 1.165) is 23.7 Å². The molecule has 22 heavy (non-hydrogen) atoms. The second-order valence-corrected chi connectivity index (χ2v) is 5.27. The Morgan fingerprint density at radius 3 is 2.77 bits per heavy atom. The van der Waals surface area contributed by atoms with Crippen molar-refractivity contribution in [2.75, 3.05) is 18.9 Å². The minimum atomic E-state index is -0.313. The first kappa shape index (κ1) is 15.9. The summed E-state index contributed by atoms with van der Waals surface area (Å²) in [7, 11) is 1.73. The standard InChI is InChI=1S/C17H21N3O2/c1-3-4-11-20(2)16(22)12-15(21)19-14-9-5-7-13-8-6-10-18-17(13)14/h5-10H,3-4,11-12H2,1-2H3,(H,19,21). The molecule has 0 saturated carbocycles. The molecule has 2 rings (SSSR count). The summed E-state index contributed by atoms with van der Waals surface area (Å²) in [4.78, 5) is 29.9. The smallest absolute Gasteiger partial charge is 0.233 e. The van der Waals surface area contributed by atoms with Crippen molar-refractivity contribution in [1.29, 1.82) is 0 Å². The number of hydrogen-bond acceptors (Lipinski definition) is 3. The normalized spacial score (nSPS) is 10.5. The molecule has 1 aromatic carbocycles. The monoisotopic (exact) mass is 299 g/mol. The number of amides is 2. The number of aromatic nitrogens is 1. The summed E-state index contributed by atoms with van der Waals surface area (Å²) in [6, 6.07) is 9.36. The number of fused-ring (bicyclic) bond motifs is 1. The van der Waals surface area contributed by atoms with Gasteiger partial charge < -0.3 is 10.2 Å². The minimum Gasteiger partial charge on any atom is -0.345 e. The van der Waals surface area contributed by atoms with Gasteiger partial charge in [-0.2, -0.15) is 0 Å². The molecular weight excluding hydrogens is 278 g/mol. The Labute approximate surface area is 130 Å². The lowest BCUT2D eigenvalue weighted by Gasteiger charge is -2.16. The highest BCUT2D eigenvalue weighted by atomic mass is 16.2. The Hall–Kier alpha value is -2.43. The maximum absolute atomic E-state index is 12.1. The predicted molar refractivity (Wildman–Crippen MR) is 87.5 cm³/mol. The Morgan fingerprint density at radius 2 is 2.00 bits per heavy atom. The lowest BCUT2D eigenvalue weighted by atomic mass is 10.2. The molecule has 0 saturated heterocycles. The Kier molecular flexibility index (Phi) is 5.47. The van der Waals surface area contributed by atoms with Crippen molar-refractivity contribution in [3.05, 3.63) is 36.5 Å². The number of unbranched alkanes of at least 4 members (excludes halogenated alkanes) is 1. The Morgan fingerprint density at radius 1 is 1.23 bits per heavy atom. The number of pyridine rings is 1. The van der Waals surface area contributed by atoms with E-state index in [9.17, 15) is 9.59 Å². The molecule has 0 radical (unpaired) electrons. The van der Waals surface area contributed by atoms with Gasteiger partial charge in [-0.1, -0.05) is 31.5 Å². The van der Waals surface area contributed by atoms with E-state index < -0.39 is 0 Å². The van der Waals surface area contributed by atoms with Crippen LogP contribution < -0.4 is 5.32 Å². The van der Waals surface area contributed by atoms with Gasteiger partial charge in [-0.15, -0.1) is 0 Å². The van der Waals surface area contributed by atoms with E-state index in [2.05, 4.69) is 17.2 Å². The Bertz CT molecular complexity index is 665. The van der Waals surface area contributed by atoms with Gasteiger partial charge in [0.15, 0.2) is 0 Å².